The Morgan fingerprint density at radius 3 is 2.86 bits per heavy atom. The van der Waals surface area contributed by atoms with Gasteiger partial charge in [-0.1, -0.05) is 0 Å². The molecular weight excluding hydrogens is 293 g/mol. The zero-order valence-corrected chi connectivity index (χ0v) is 12.3. The Morgan fingerprint density at radius 1 is 1.33 bits per heavy atom. The molecule has 108 valence electrons. The highest BCUT2D eigenvalue weighted by Crippen LogP contribution is 2.30. The van der Waals surface area contributed by atoms with Crippen LogP contribution in [0.4, 0.5) is 4.39 Å². The van der Waals surface area contributed by atoms with Crippen LogP contribution in [0.5, 0.6) is 5.75 Å². The number of aromatic nitrogens is 3. The summed E-state index contributed by atoms with van der Waals surface area (Å²) in [6.45, 7) is 1.79. The van der Waals surface area contributed by atoms with Gasteiger partial charge in [-0.15, -0.1) is 11.6 Å². The second-order valence-corrected chi connectivity index (χ2v) is 5.24. The van der Waals surface area contributed by atoms with Gasteiger partial charge in [0.1, 0.15) is 22.9 Å². The first kappa shape index (κ1) is 13.8. The minimum absolute atomic E-state index is 0.318. The molecule has 3 rings (SSSR count). The van der Waals surface area contributed by atoms with Crippen LogP contribution in [0.1, 0.15) is 18.1 Å². The molecule has 0 aliphatic heterocycles. The van der Waals surface area contributed by atoms with E-state index in [0.717, 1.165) is 0 Å². The molecule has 0 bridgehead atoms. The number of pyridine rings is 1. The van der Waals surface area contributed by atoms with E-state index in [4.69, 9.17) is 16.3 Å². The van der Waals surface area contributed by atoms with Gasteiger partial charge in [-0.05, 0) is 31.2 Å². The van der Waals surface area contributed by atoms with Crippen molar-refractivity contribution in [2.75, 3.05) is 7.11 Å². The molecule has 0 amide bonds. The van der Waals surface area contributed by atoms with Gasteiger partial charge in [-0.3, -0.25) is 4.57 Å². The van der Waals surface area contributed by atoms with Crippen molar-refractivity contribution >= 4 is 22.8 Å². The van der Waals surface area contributed by atoms with Crippen molar-refractivity contribution in [3.63, 3.8) is 0 Å². The van der Waals surface area contributed by atoms with Gasteiger partial charge in [0.2, 0.25) is 0 Å². The normalized spacial score (nSPS) is 12.6. The molecule has 0 saturated heterocycles. The van der Waals surface area contributed by atoms with Crippen molar-refractivity contribution in [1.82, 2.24) is 14.5 Å². The van der Waals surface area contributed by atoms with Gasteiger partial charge < -0.3 is 4.74 Å². The first-order valence-corrected chi connectivity index (χ1v) is 6.87. The number of nitrogens with zero attached hydrogens (tertiary/aromatic N) is 3. The lowest BCUT2D eigenvalue weighted by Crippen LogP contribution is -2.05. The minimum Gasteiger partial charge on any atom is -0.497 e. The van der Waals surface area contributed by atoms with Crippen LogP contribution >= 0.6 is 11.6 Å². The quantitative estimate of drug-likeness (QED) is 0.690. The highest BCUT2D eigenvalue weighted by molar-refractivity contribution is 6.20. The molecule has 0 radical (unpaired) electrons. The summed E-state index contributed by atoms with van der Waals surface area (Å²) in [6.07, 6.45) is 1.64. The number of fused-ring (bicyclic) bond motifs is 1. The van der Waals surface area contributed by atoms with E-state index >= 15 is 0 Å². The third-order valence-corrected chi connectivity index (χ3v) is 3.39. The van der Waals surface area contributed by atoms with E-state index in [2.05, 4.69) is 9.97 Å². The lowest BCUT2D eigenvalue weighted by Gasteiger charge is -2.12. The number of methoxy groups -OCH3 is 1. The Bertz CT molecular complexity index is 801. The average molecular weight is 306 g/mol. The van der Waals surface area contributed by atoms with E-state index in [-0.39, 0.29) is 11.2 Å². The summed E-state index contributed by atoms with van der Waals surface area (Å²) in [5.74, 6) is 0.703. The Kier molecular flexibility index (Phi) is 3.51. The van der Waals surface area contributed by atoms with E-state index in [0.29, 0.717) is 28.4 Å². The summed E-state index contributed by atoms with van der Waals surface area (Å²) in [5.41, 5.74) is 1.55. The molecule has 2 heterocycles. The topological polar surface area (TPSA) is 39.9 Å². The number of alkyl halides is 1. The zero-order valence-electron chi connectivity index (χ0n) is 11.5. The molecule has 1 aromatic carbocycles. The van der Waals surface area contributed by atoms with Crippen LogP contribution in [0.2, 0.25) is 0 Å². The molecule has 0 aliphatic rings. The van der Waals surface area contributed by atoms with Crippen LogP contribution in [0.15, 0.2) is 36.5 Å². The summed E-state index contributed by atoms with van der Waals surface area (Å²) < 4.78 is 21.1. The largest absolute Gasteiger partial charge is 0.497 e. The summed E-state index contributed by atoms with van der Waals surface area (Å²) in [4.78, 5) is 8.74. The van der Waals surface area contributed by atoms with Gasteiger partial charge in [0, 0.05) is 12.3 Å². The highest BCUT2D eigenvalue weighted by atomic mass is 35.5. The second kappa shape index (κ2) is 5.33. The van der Waals surface area contributed by atoms with Crippen LogP contribution in [0.3, 0.4) is 0 Å². The minimum atomic E-state index is -0.390. The van der Waals surface area contributed by atoms with Crippen LogP contribution in [-0.4, -0.2) is 21.6 Å². The molecule has 0 aliphatic carbocycles. The average Bonchev–Trinajstić information content (AvgIpc) is 2.87. The number of halogens is 2. The number of hydrogen-bond acceptors (Lipinski definition) is 3. The summed E-state index contributed by atoms with van der Waals surface area (Å²) in [6, 6.07) is 8.12. The van der Waals surface area contributed by atoms with Gasteiger partial charge in [-0.25, -0.2) is 14.4 Å². The number of ether oxygens (including phenoxy) is 1. The Labute approximate surface area is 126 Å². The van der Waals surface area contributed by atoms with Crippen LogP contribution in [0, 0.1) is 5.82 Å². The smallest absolute Gasteiger partial charge is 0.164 e. The monoisotopic (exact) mass is 305 g/mol. The van der Waals surface area contributed by atoms with Gasteiger partial charge in [0.05, 0.1) is 18.2 Å². The molecule has 0 spiro atoms. The molecule has 0 saturated carbocycles. The molecule has 1 atom stereocenters. The van der Waals surface area contributed by atoms with Crippen molar-refractivity contribution in [1.29, 1.82) is 0 Å². The van der Waals surface area contributed by atoms with Gasteiger partial charge >= 0.3 is 0 Å². The van der Waals surface area contributed by atoms with Crippen LogP contribution < -0.4 is 4.74 Å². The lowest BCUT2D eigenvalue weighted by atomic mass is 10.2. The summed E-state index contributed by atoms with van der Waals surface area (Å²) in [7, 11) is 1.53. The van der Waals surface area contributed by atoms with E-state index in [1.54, 1.807) is 35.9 Å². The van der Waals surface area contributed by atoms with Crippen molar-refractivity contribution in [3.05, 3.63) is 48.2 Å². The van der Waals surface area contributed by atoms with E-state index in [1.807, 2.05) is 6.07 Å². The highest BCUT2D eigenvalue weighted by Gasteiger charge is 2.19. The predicted molar refractivity (Wildman–Crippen MR) is 79.6 cm³/mol. The van der Waals surface area contributed by atoms with Crippen molar-refractivity contribution in [3.8, 4) is 11.4 Å². The van der Waals surface area contributed by atoms with Crippen molar-refractivity contribution < 1.29 is 9.13 Å². The van der Waals surface area contributed by atoms with E-state index in [9.17, 15) is 4.39 Å². The number of benzene rings is 1. The molecule has 1 unspecified atom stereocenters. The van der Waals surface area contributed by atoms with Gasteiger partial charge in [0.15, 0.2) is 5.65 Å². The predicted octanol–water partition coefficient (Wildman–Crippen LogP) is 3.87. The fourth-order valence-corrected chi connectivity index (χ4v) is 2.37. The molecular formula is C15H13ClFN3O. The first-order chi connectivity index (χ1) is 10.1. The Hall–Kier alpha value is -2.14. The molecule has 0 N–H and O–H groups in total. The molecule has 0 fully saturated rings. The number of hydrogen-bond donors (Lipinski definition) is 0. The maximum atomic E-state index is 14.3. The molecule has 3 aromatic rings. The SMILES string of the molecule is COc1ccc(F)c(-n2c(C(C)Cl)nc3cccnc32)c1. The number of rotatable bonds is 3. The fourth-order valence-electron chi connectivity index (χ4n) is 2.23. The number of imidazole rings is 1. The van der Waals surface area contributed by atoms with E-state index < -0.39 is 0 Å². The van der Waals surface area contributed by atoms with Gasteiger partial charge in [-0.2, -0.15) is 0 Å². The maximum absolute atomic E-state index is 14.3. The third kappa shape index (κ3) is 2.34. The molecule has 4 nitrogen and oxygen atoms in total. The molecule has 2 aromatic heterocycles. The summed E-state index contributed by atoms with van der Waals surface area (Å²) >= 11 is 6.19. The van der Waals surface area contributed by atoms with Crippen LogP contribution in [0.25, 0.3) is 16.9 Å². The fraction of sp³-hybridized carbons (Fsp3) is 0.200. The third-order valence-electron chi connectivity index (χ3n) is 3.19. The molecule has 21 heavy (non-hydrogen) atoms. The van der Waals surface area contributed by atoms with Crippen molar-refractivity contribution in [2.24, 2.45) is 0 Å². The standard InChI is InChI=1S/C15H13ClFN3O/c1-9(16)14-19-12-4-3-7-18-15(12)20(14)13-8-10(21-2)5-6-11(13)17/h3-9H,1-2H3. The molecule has 6 heteroatoms. The first-order valence-electron chi connectivity index (χ1n) is 6.43. The zero-order chi connectivity index (χ0) is 15.0. The Balaban J connectivity index is 2.35. The lowest BCUT2D eigenvalue weighted by molar-refractivity contribution is 0.413. The maximum Gasteiger partial charge on any atom is 0.164 e. The second-order valence-electron chi connectivity index (χ2n) is 4.58. The van der Waals surface area contributed by atoms with E-state index in [1.165, 1.54) is 13.2 Å². The van der Waals surface area contributed by atoms with Gasteiger partial charge in [0.25, 0.3) is 0 Å². The Morgan fingerprint density at radius 2 is 2.14 bits per heavy atom. The van der Waals surface area contributed by atoms with Crippen LogP contribution in [-0.2, 0) is 0 Å². The van der Waals surface area contributed by atoms with Crippen molar-refractivity contribution in [2.45, 2.75) is 12.3 Å². The summed E-state index contributed by atoms with van der Waals surface area (Å²) in [5, 5.41) is -0.384.